The number of aliphatic carboxylic acids is 2. The summed E-state index contributed by atoms with van der Waals surface area (Å²) < 4.78 is 67.9. The van der Waals surface area contributed by atoms with Crippen LogP contribution in [-0.2, 0) is 62.2 Å². The monoisotopic (exact) mass is 1010 g/mol. The van der Waals surface area contributed by atoms with E-state index in [1.165, 1.54) is 7.05 Å². The fraction of sp³-hybridized carbons (Fsp3) is 0.786. The van der Waals surface area contributed by atoms with Crippen LogP contribution in [-0.4, -0.2) is 188 Å². The number of esters is 2. The van der Waals surface area contributed by atoms with Gasteiger partial charge in [0, 0.05) is 45.2 Å². The molecular weight excluding hydrogens is 943 g/mol. The SMILES string of the molecule is CC(C)CCCCCCCC[C@@H](CC(=O)O[C@@H]1CN(C)[C@@H]([C@H](O[C@H]2O[C@H](CN)[C@H](O)[C@@H]2OS(=O)(=O)O)[C@H]2O[C@H](n3ccc(=O)[nH]c3=O)[C@@H](O)[C@@H]2O)C(=O)N(C)[C@@H]1C(=O)O)OC(=O)C[C@H](C)CC(=O)O. The van der Waals surface area contributed by atoms with E-state index in [4.69, 9.17) is 29.4 Å². The number of aromatic amines is 1. The molecule has 4 rings (SSSR count). The van der Waals surface area contributed by atoms with Crippen LogP contribution in [0.15, 0.2) is 21.9 Å². The predicted octanol–water partition coefficient (Wildman–Crippen LogP) is -1.51. The largest absolute Gasteiger partial charge is 0.481 e. The Labute approximate surface area is 397 Å². The van der Waals surface area contributed by atoms with Crippen molar-refractivity contribution in [2.45, 2.75) is 171 Å². The standard InChI is InChI=1S/C42H67N5O21S/c1-21(2)12-10-8-6-7-9-11-13-23(63-28(51)17-22(3)16-27(49)50)18-29(52)64-25-20-45(4)31(38(56)46(5)30(25)40(57)58)35(67-41-37(68-69(60,61)62)32(53)24(19-43)65-41)36-33(54)34(55)39(66-36)47-15-14-26(48)44-42(47)59/h14-15,21-25,30-37,39,41,53-55H,6-13,16-20,43H2,1-5H3,(H,49,50)(H,57,58)(H,44,48,59)(H,60,61,62)/t22-,23+,24-,25-,30+,31+,32+,33+,34+,35+,36+,37+,39+,41-/m1/s1. The molecule has 392 valence electrons. The van der Waals surface area contributed by atoms with Crippen LogP contribution in [0.2, 0.25) is 0 Å². The highest BCUT2D eigenvalue weighted by molar-refractivity contribution is 7.80. The van der Waals surface area contributed by atoms with Crippen molar-refractivity contribution in [1.29, 1.82) is 0 Å². The van der Waals surface area contributed by atoms with Gasteiger partial charge in [-0.2, -0.15) is 8.42 Å². The molecule has 0 spiro atoms. The van der Waals surface area contributed by atoms with Crippen LogP contribution in [0, 0.1) is 11.8 Å². The molecule has 1 aromatic rings. The first kappa shape index (κ1) is 57.2. The Kier molecular flexibility index (Phi) is 21.2. The normalized spacial score (nSPS) is 29.1. The Balaban J connectivity index is 1.66. The van der Waals surface area contributed by atoms with Crippen LogP contribution >= 0.6 is 0 Å². The third kappa shape index (κ3) is 16.0. The molecule has 69 heavy (non-hydrogen) atoms. The summed E-state index contributed by atoms with van der Waals surface area (Å²) in [6.45, 7) is 4.77. The number of hydrogen-bond donors (Lipinski definition) is 8. The Morgan fingerprint density at radius 3 is 2.10 bits per heavy atom. The van der Waals surface area contributed by atoms with Crippen molar-refractivity contribution in [3.63, 3.8) is 0 Å². The molecule has 0 bridgehead atoms. The van der Waals surface area contributed by atoms with Crippen molar-refractivity contribution in [3.05, 3.63) is 33.1 Å². The first-order valence-corrected chi connectivity index (χ1v) is 24.2. The van der Waals surface area contributed by atoms with Gasteiger partial charge in [0.05, 0.1) is 6.42 Å². The van der Waals surface area contributed by atoms with Crippen molar-refractivity contribution < 1.29 is 90.3 Å². The van der Waals surface area contributed by atoms with Crippen molar-refractivity contribution in [3.8, 4) is 0 Å². The van der Waals surface area contributed by atoms with Gasteiger partial charge in [-0.25, -0.2) is 13.8 Å². The topological polar surface area (TPSA) is 384 Å². The zero-order chi connectivity index (χ0) is 51.5. The number of nitrogens with one attached hydrogen (secondary N) is 1. The van der Waals surface area contributed by atoms with Gasteiger partial charge in [-0.15, -0.1) is 0 Å². The van der Waals surface area contributed by atoms with Crippen LogP contribution in [0.5, 0.6) is 0 Å². The van der Waals surface area contributed by atoms with Crippen molar-refractivity contribution in [2.24, 2.45) is 17.6 Å². The van der Waals surface area contributed by atoms with E-state index in [2.05, 4.69) is 18.0 Å². The van der Waals surface area contributed by atoms with Gasteiger partial charge < -0.3 is 59.9 Å². The summed E-state index contributed by atoms with van der Waals surface area (Å²) in [5.41, 5.74) is 3.79. The highest BCUT2D eigenvalue weighted by Crippen LogP contribution is 2.37. The van der Waals surface area contributed by atoms with Gasteiger partial charge in [0.15, 0.2) is 24.7 Å². The number of likely N-dealkylation sites (N-methyl/N-ethyl adjacent to an activating group) is 2. The predicted molar refractivity (Wildman–Crippen MR) is 235 cm³/mol. The molecule has 0 aromatic carbocycles. The summed E-state index contributed by atoms with van der Waals surface area (Å²) in [4.78, 5) is 94.1. The number of aromatic nitrogens is 2. The molecule has 4 heterocycles. The first-order valence-electron chi connectivity index (χ1n) is 22.8. The lowest BCUT2D eigenvalue weighted by Gasteiger charge is -2.38. The number of amides is 1. The van der Waals surface area contributed by atoms with Gasteiger partial charge in [-0.05, 0) is 31.7 Å². The first-order chi connectivity index (χ1) is 32.3. The van der Waals surface area contributed by atoms with E-state index < -0.39 is 156 Å². The van der Waals surface area contributed by atoms with Crippen molar-refractivity contribution >= 4 is 40.2 Å². The molecule has 0 radical (unpaired) electrons. The lowest BCUT2D eigenvalue weighted by atomic mass is 9.97. The Morgan fingerprint density at radius 1 is 0.884 bits per heavy atom. The number of carboxylic acid groups (broad SMARTS) is 2. The molecule has 3 aliphatic rings. The minimum absolute atomic E-state index is 0.208. The summed E-state index contributed by atoms with van der Waals surface area (Å²) in [7, 11) is -3.06. The molecule has 0 saturated carbocycles. The van der Waals surface area contributed by atoms with E-state index in [9.17, 15) is 72.1 Å². The highest BCUT2D eigenvalue weighted by atomic mass is 32.3. The molecule has 1 amide bonds. The van der Waals surface area contributed by atoms with Gasteiger partial charge in [-0.1, -0.05) is 59.3 Å². The lowest BCUT2D eigenvalue weighted by Crippen LogP contribution is -2.60. The summed E-state index contributed by atoms with van der Waals surface area (Å²) in [6.07, 6.45) is -13.7. The number of unbranched alkanes of at least 4 members (excludes halogenated alkanes) is 5. The zero-order valence-electron chi connectivity index (χ0n) is 39.1. The molecule has 0 unspecified atom stereocenters. The van der Waals surface area contributed by atoms with Crippen LogP contribution in [0.4, 0.5) is 0 Å². The zero-order valence-corrected chi connectivity index (χ0v) is 40.0. The van der Waals surface area contributed by atoms with E-state index in [0.29, 0.717) is 21.8 Å². The number of carbonyl (C=O) groups excluding carboxylic acids is 3. The summed E-state index contributed by atoms with van der Waals surface area (Å²) in [6, 6.07) is -2.88. The number of hydrogen-bond acceptors (Lipinski definition) is 20. The molecule has 3 fully saturated rings. The highest BCUT2D eigenvalue weighted by Gasteiger charge is 2.58. The number of carbonyl (C=O) groups is 5. The van der Waals surface area contributed by atoms with Crippen LogP contribution in [0.1, 0.15) is 97.6 Å². The molecule has 14 atom stereocenters. The van der Waals surface area contributed by atoms with Crippen LogP contribution in [0.25, 0.3) is 0 Å². The second kappa shape index (κ2) is 25.6. The Morgan fingerprint density at radius 2 is 1.52 bits per heavy atom. The van der Waals surface area contributed by atoms with E-state index >= 15 is 0 Å². The van der Waals surface area contributed by atoms with Gasteiger partial charge in [-0.3, -0.25) is 43.0 Å². The number of nitrogens with zero attached hydrogens (tertiary/aromatic N) is 3. The van der Waals surface area contributed by atoms with Crippen LogP contribution in [0.3, 0.4) is 0 Å². The Hall–Kier alpha value is -4.42. The summed E-state index contributed by atoms with van der Waals surface area (Å²) >= 11 is 0. The van der Waals surface area contributed by atoms with Gasteiger partial charge in [0.2, 0.25) is 5.91 Å². The van der Waals surface area contributed by atoms with Crippen molar-refractivity contribution in [2.75, 3.05) is 27.2 Å². The minimum Gasteiger partial charge on any atom is -0.481 e. The fourth-order valence-electron chi connectivity index (χ4n) is 8.78. The number of rotatable bonds is 26. The van der Waals surface area contributed by atoms with Gasteiger partial charge in [0.25, 0.3) is 5.56 Å². The number of H-pyrrole nitrogens is 1. The third-order valence-electron chi connectivity index (χ3n) is 12.2. The fourth-order valence-corrected chi connectivity index (χ4v) is 9.26. The number of nitrogens with two attached hydrogens (primary N) is 1. The number of ether oxygens (including phenoxy) is 5. The molecule has 26 nitrogen and oxygen atoms in total. The molecule has 1 aromatic heterocycles. The maximum absolute atomic E-state index is 14.6. The number of aliphatic hydroxyl groups is 3. The smallest absolute Gasteiger partial charge is 0.397 e. The lowest BCUT2D eigenvalue weighted by molar-refractivity contribution is -0.230. The van der Waals surface area contributed by atoms with Gasteiger partial charge >= 0.3 is 40.0 Å². The number of carboxylic acids is 2. The number of aliphatic hydroxyl groups excluding tert-OH is 3. The summed E-state index contributed by atoms with van der Waals surface area (Å²) in [5, 5.41) is 53.4. The molecular formula is C42H67N5O21S. The van der Waals surface area contributed by atoms with E-state index in [0.717, 1.165) is 62.7 Å². The molecule has 9 N–H and O–H groups in total. The van der Waals surface area contributed by atoms with E-state index in [1.54, 1.807) is 6.92 Å². The molecule has 3 saturated heterocycles. The summed E-state index contributed by atoms with van der Waals surface area (Å²) in [5.74, 6) is -5.68. The maximum atomic E-state index is 14.6. The molecule has 3 aliphatic heterocycles. The van der Waals surface area contributed by atoms with Crippen LogP contribution < -0.4 is 17.0 Å². The average Bonchev–Trinajstić information content (AvgIpc) is 3.65. The Bertz CT molecular complexity index is 2140. The maximum Gasteiger partial charge on any atom is 0.397 e. The molecule has 27 heteroatoms. The second-order valence-electron chi connectivity index (χ2n) is 18.3. The van der Waals surface area contributed by atoms with E-state index in [1.807, 2.05) is 4.98 Å². The third-order valence-corrected chi connectivity index (χ3v) is 12.7. The van der Waals surface area contributed by atoms with E-state index in [-0.39, 0.29) is 19.3 Å². The quantitative estimate of drug-likeness (QED) is 0.0297. The van der Waals surface area contributed by atoms with Gasteiger partial charge in [0.1, 0.15) is 54.9 Å². The minimum atomic E-state index is -5.37. The molecule has 0 aliphatic carbocycles. The average molecular weight is 1010 g/mol. The second-order valence-corrected chi connectivity index (χ2v) is 19.4. The van der Waals surface area contributed by atoms with Crippen molar-refractivity contribution in [1.82, 2.24) is 19.4 Å².